The second-order valence-corrected chi connectivity index (χ2v) is 6.68. The number of hydrogen-bond donors (Lipinski definition) is 2. The van der Waals surface area contributed by atoms with Crippen LogP contribution in [0.25, 0.3) is 0 Å². The van der Waals surface area contributed by atoms with Gasteiger partial charge >= 0.3 is 0 Å². The first-order chi connectivity index (χ1) is 11.5. The number of fused-ring (bicyclic) bond motifs is 1. The Balaban J connectivity index is 1.64. The van der Waals surface area contributed by atoms with Gasteiger partial charge in [-0.2, -0.15) is 0 Å². The number of carbonyl (C=O) groups excluding carboxylic acids is 2. The zero-order valence-electron chi connectivity index (χ0n) is 13.9. The number of imidazole rings is 1. The number of hydrogen-bond acceptors (Lipinski definition) is 4. The van der Waals surface area contributed by atoms with Gasteiger partial charge in [-0.05, 0) is 24.8 Å². The molecule has 2 aromatic rings. The fourth-order valence-electron chi connectivity index (χ4n) is 2.87. The van der Waals surface area contributed by atoms with Gasteiger partial charge in [-0.25, -0.2) is 4.98 Å². The van der Waals surface area contributed by atoms with Crippen molar-refractivity contribution in [2.45, 2.75) is 31.0 Å². The summed E-state index contributed by atoms with van der Waals surface area (Å²) in [5.41, 5.74) is 3.72. The lowest BCUT2D eigenvalue weighted by atomic mass is 9.95. The average molecular weight is 344 g/mol. The van der Waals surface area contributed by atoms with Crippen LogP contribution in [0.2, 0.25) is 0 Å². The number of amides is 2. The van der Waals surface area contributed by atoms with Crippen molar-refractivity contribution in [1.82, 2.24) is 14.9 Å². The lowest BCUT2D eigenvalue weighted by Gasteiger charge is -2.10. The van der Waals surface area contributed by atoms with E-state index in [9.17, 15) is 9.59 Å². The summed E-state index contributed by atoms with van der Waals surface area (Å²) in [6, 6.07) is 5.81. The van der Waals surface area contributed by atoms with Gasteiger partial charge in [0.15, 0.2) is 5.16 Å². The van der Waals surface area contributed by atoms with Crippen LogP contribution in [0.4, 0.5) is 5.69 Å². The molecule has 24 heavy (non-hydrogen) atoms. The Labute approximate surface area is 145 Å². The number of thioether (sulfide) groups is 1. The molecule has 1 unspecified atom stereocenters. The molecule has 0 bridgehead atoms. The molecule has 0 saturated carbocycles. The SMILES string of the molecule is CSc1ncc(CNC(=O)CC2C(=O)Nc3ccc(C)cc32)n1C. The Morgan fingerprint density at radius 2 is 2.25 bits per heavy atom. The Morgan fingerprint density at radius 3 is 2.96 bits per heavy atom. The highest BCUT2D eigenvalue weighted by Crippen LogP contribution is 2.35. The van der Waals surface area contributed by atoms with E-state index in [4.69, 9.17) is 0 Å². The van der Waals surface area contributed by atoms with E-state index in [2.05, 4.69) is 15.6 Å². The summed E-state index contributed by atoms with van der Waals surface area (Å²) in [7, 11) is 1.92. The van der Waals surface area contributed by atoms with Crippen LogP contribution in [0.15, 0.2) is 29.6 Å². The summed E-state index contributed by atoms with van der Waals surface area (Å²) in [5.74, 6) is -0.680. The lowest BCUT2D eigenvalue weighted by Crippen LogP contribution is -2.27. The summed E-state index contributed by atoms with van der Waals surface area (Å²) in [5, 5.41) is 6.62. The lowest BCUT2D eigenvalue weighted by molar-refractivity contribution is -0.125. The van der Waals surface area contributed by atoms with E-state index in [0.29, 0.717) is 6.54 Å². The summed E-state index contributed by atoms with van der Waals surface area (Å²) in [6.07, 6.45) is 3.87. The molecule has 7 heteroatoms. The van der Waals surface area contributed by atoms with Gasteiger partial charge in [-0.3, -0.25) is 9.59 Å². The molecule has 2 heterocycles. The summed E-state index contributed by atoms with van der Waals surface area (Å²) < 4.78 is 1.95. The third kappa shape index (κ3) is 3.17. The maximum atomic E-state index is 12.3. The van der Waals surface area contributed by atoms with Gasteiger partial charge in [0.05, 0.1) is 24.4 Å². The molecule has 2 amide bonds. The molecule has 6 nitrogen and oxygen atoms in total. The molecular weight excluding hydrogens is 324 g/mol. The molecule has 1 aromatic heterocycles. The second-order valence-electron chi connectivity index (χ2n) is 5.91. The molecule has 0 aliphatic carbocycles. The van der Waals surface area contributed by atoms with Crippen LogP contribution in [-0.2, 0) is 23.2 Å². The molecule has 0 radical (unpaired) electrons. The monoisotopic (exact) mass is 344 g/mol. The van der Waals surface area contributed by atoms with Gasteiger partial charge in [0.2, 0.25) is 11.8 Å². The fraction of sp³-hybridized carbons (Fsp3) is 0.353. The molecule has 1 aliphatic heterocycles. The number of rotatable bonds is 5. The third-order valence-electron chi connectivity index (χ3n) is 4.24. The van der Waals surface area contributed by atoms with Crippen molar-refractivity contribution in [1.29, 1.82) is 0 Å². The largest absolute Gasteiger partial charge is 0.350 e. The number of nitrogens with one attached hydrogen (secondary N) is 2. The quantitative estimate of drug-likeness (QED) is 0.815. The van der Waals surface area contributed by atoms with Gasteiger partial charge in [0, 0.05) is 19.2 Å². The van der Waals surface area contributed by atoms with Crippen molar-refractivity contribution in [3.05, 3.63) is 41.2 Å². The molecule has 0 saturated heterocycles. The summed E-state index contributed by atoms with van der Waals surface area (Å²) in [6.45, 7) is 2.38. The van der Waals surface area contributed by atoms with Gasteiger partial charge in [0.1, 0.15) is 0 Å². The van der Waals surface area contributed by atoms with Crippen LogP contribution in [0.5, 0.6) is 0 Å². The van der Waals surface area contributed by atoms with E-state index in [0.717, 1.165) is 27.7 Å². The molecule has 3 rings (SSSR count). The number of aromatic nitrogens is 2. The number of anilines is 1. The third-order valence-corrected chi connectivity index (χ3v) is 4.98. The first-order valence-electron chi connectivity index (χ1n) is 7.72. The van der Waals surface area contributed by atoms with Crippen LogP contribution in [0.1, 0.15) is 29.2 Å². The van der Waals surface area contributed by atoms with Gasteiger partial charge < -0.3 is 15.2 Å². The minimum atomic E-state index is -0.423. The van der Waals surface area contributed by atoms with Crippen molar-refractivity contribution in [3.63, 3.8) is 0 Å². The van der Waals surface area contributed by atoms with Crippen molar-refractivity contribution >= 4 is 29.3 Å². The van der Waals surface area contributed by atoms with Crippen molar-refractivity contribution in [3.8, 4) is 0 Å². The highest BCUT2D eigenvalue weighted by atomic mass is 32.2. The fourth-order valence-corrected chi connectivity index (χ4v) is 3.42. The van der Waals surface area contributed by atoms with E-state index >= 15 is 0 Å². The van der Waals surface area contributed by atoms with Crippen LogP contribution >= 0.6 is 11.8 Å². The molecular formula is C17H20N4O2S. The highest BCUT2D eigenvalue weighted by molar-refractivity contribution is 7.98. The first kappa shape index (κ1) is 16.6. The Kier molecular flexibility index (Phi) is 4.62. The average Bonchev–Trinajstić information content (AvgIpc) is 3.06. The predicted molar refractivity (Wildman–Crippen MR) is 94.0 cm³/mol. The van der Waals surface area contributed by atoms with Crippen molar-refractivity contribution in [2.24, 2.45) is 7.05 Å². The van der Waals surface area contributed by atoms with Crippen LogP contribution in [-0.4, -0.2) is 27.6 Å². The van der Waals surface area contributed by atoms with Crippen molar-refractivity contribution < 1.29 is 9.59 Å². The van der Waals surface area contributed by atoms with E-state index in [1.165, 1.54) is 0 Å². The molecule has 1 aromatic carbocycles. The Bertz CT molecular complexity index is 800. The zero-order chi connectivity index (χ0) is 17.3. The van der Waals surface area contributed by atoms with E-state index < -0.39 is 5.92 Å². The maximum absolute atomic E-state index is 12.3. The van der Waals surface area contributed by atoms with E-state index in [1.54, 1.807) is 18.0 Å². The van der Waals surface area contributed by atoms with Crippen LogP contribution in [0, 0.1) is 6.92 Å². The molecule has 1 atom stereocenters. The number of aryl methyl sites for hydroxylation is 1. The number of nitrogens with zero attached hydrogens (tertiary/aromatic N) is 2. The van der Waals surface area contributed by atoms with Gasteiger partial charge in [0.25, 0.3) is 0 Å². The minimum Gasteiger partial charge on any atom is -0.350 e. The van der Waals surface area contributed by atoms with Crippen LogP contribution in [0.3, 0.4) is 0 Å². The van der Waals surface area contributed by atoms with Gasteiger partial charge in [-0.15, -0.1) is 0 Å². The number of carbonyl (C=O) groups is 2. The Morgan fingerprint density at radius 1 is 1.46 bits per heavy atom. The summed E-state index contributed by atoms with van der Waals surface area (Å²) >= 11 is 1.56. The highest BCUT2D eigenvalue weighted by Gasteiger charge is 2.32. The zero-order valence-corrected chi connectivity index (χ0v) is 14.7. The second kappa shape index (κ2) is 6.68. The normalized spacial score (nSPS) is 16.0. The van der Waals surface area contributed by atoms with E-state index in [1.807, 2.05) is 43.0 Å². The smallest absolute Gasteiger partial charge is 0.232 e. The molecule has 126 valence electrons. The molecule has 2 N–H and O–H groups in total. The van der Waals surface area contributed by atoms with Gasteiger partial charge in [-0.1, -0.05) is 29.5 Å². The molecule has 1 aliphatic rings. The Hall–Kier alpha value is -2.28. The predicted octanol–water partition coefficient (Wildman–Crippen LogP) is 2.19. The number of benzene rings is 1. The standard InChI is InChI=1S/C17H20N4O2S/c1-10-4-5-14-12(6-10)13(16(23)20-14)7-15(22)18-8-11-9-19-17(24-3)21(11)2/h4-6,9,13H,7-8H2,1-3H3,(H,18,22)(H,20,23). The minimum absolute atomic E-state index is 0.115. The van der Waals surface area contributed by atoms with Crippen LogP contribution < -0.4 is 10.6 Å². The molecule has 0 spiro atoms. The maximum Gasteiger partial charge on any atom is 0.232 e. The van der Waals surface area contributed by atoms with Crippen molar-refractivity contribution in [2.75, 3.05) is 11.6 Å². The molecule has 0 fully saturated rings. The van der Waals surface area contributed by atoms with E-state index in [-0.39, 0.29) is 18.2 Å². The first-order valence-corrected chi connectivity index (χ1v) is 8.94. The summed E-state index contributed by atoms with van der Waals surface area (Å²) in [4.78, 5) is 28.7. The topological polar surface area (TPSA) is 76.0 Å².